The van der Waals surface area contributed by atoms with Gasteiger partial charge in [-0.25, -0.2) is 9.97 Å². The fourth-order valence-corrected chi connectivity index (χ4v) is 6.63. The van der Waals surface area contributed by atoms with Gasteiger partial charge in [0.15, 0.2) is 0 Å². The third kappa shape index (κ3) is 5.47. The van der Waals surface area contributed by atoms with Crippen LogP contribution < -0.4 is 4.90 Å². The first-order valence-electron chi connectivity index (χ1n) is 13.6. The quantitative estimate of drug-likeness (QED) is 0.508. The number of piperazine rings is 2. The van der Waals surface area contributed by atoms with Crippen LogP contribution in [0.5, 0.6) is 0 Å². The van der Waals surface area contributed by atoms with Crippen LogP contribution in [0.1, 0.15) is 62.0 Å². The van der Waals surface area contributed by atoms with E-state index in [1.54, 1.807) is 6.33 Å². The zero-order valence-electron chi connectivity index (χ0n) is 22.1. The van der Waals surface area contributed by atoms with Gasteiger partial charge in [-0.15, -0.1) is 0 Å². The topological polar surface area (TPSA) is 76.0 Å². The zero-order valence-corrected chi connectivity index (χ0v) is 23.7. The van der Waals surface area contributed by atoms with Crippen molar-refractivity contribution in [2.75, 3.05) is 57.3 Å². The molecule has 3 aliphatic rings. The van der Waals surface area contributed by atoms with Crippen molar-refractivity contribution in [3.05, 3.63) is 51.9 Å². The monoisotopic (exact) mass is 570 g/mol. The Morgan fingerprint density at radius 2 is 1.54 bits per heavy atom. The SMILES string of the molecule is CC(C)N1CCN(C(C(C=O)c2ccc(Br)cc2)N2CCN(c3ncnc4c3[C@H](C)C[C@H]4O)CC2)CC1. The number of aldehydes is 1. The number of aromatic nitrogens is 2. The van der Waals surface area contributed by atoms with Gasteiger partial charge in [0.2, 0.25) is 0 Å². The van der Waals surface area contributed by atoms with Gasteiger partial charge < -0.3 is 14.8 Å². The number of nitrogens with zero attached hydrogens (tertiary/aromatic N) is 6. The molecule has 1 aromatic heterocycles. The van der Waals surface area contributed by atoms with E-state index in [1.165, 1.54) is 0 Å². The molecule has 0 amide bonds. The zero-order chi connectivity index (χ0) is 26.1. The van der Waals surface area contributed by atoms with Crippen LogP contribution in [0.2, 0.25) is 0 Å². The van der Waals surface area contributed by atoms with Crippen molar-refractivity contribution in [3.8, 4) is 0 Å². The highest BCUT2D eigenvalue weighted by molar-refractivity contribution is 9.10. The van der Waals surface area contributed by atoms with Crippen LogP contribution in [0.4, 0.5) is 5.82 Å². The number of hydrogen-bond acceptors (Lipinski definition) is 8. The van der Waals surface area contributed by atoms with E-state index in [4.69, 9.17) is 0 Å². The summed E-state index contributed by atoms with van der Waals surface area (Å²) in [5.41, 5.74) is 2.95. The Labute approximate surface area is 228 Å². The minimum Gasteiger partial charge on any atom is -0.387 e. The molecule has 1 aliphatic carbocycles. The number of rotatable bonds is 7. The van der Waals surface area contributed by atoms with Gasteiger partial charge in [0.25, 0.3) is 0 Å². The number of fused-ring (bicyclic) bond motifs is 1. The molecule has 2 saturated heterocycles. The molecule has 0 radical (unpaired) electrons. The molecule has 0 spiro atoms. The van der Waals surface area contributed by atoms with Gasteiger partial charge in [-0.3, -0.25) is 14.7 Å². The van der Waals surface area contributed by atoms with Crippen LogP contribution in [-0.2, 0) is 4.79 Å². The van der Waals surface area contributed by atoms with Crippen LogP contribution in [0.25, 0.3) is 0 Å². The van der Waals surface area contributed by atoms with Crippen LogP contribution in [0.3, 0.4) is 0 Å². The summed E-state index contributed by atoms with van der Waals surface area (Å²) in [6.07, 6.45) is 2.97. The molecule has 2 unspecified atom stereocenters. The third-order valence-electron chi connectivity index (χ3n) is 8.44. The van der Waals surface area contributed by atoms with Gasteiger partial charge >= 0.3 is 0 Å². The summed E-state index contributed by atoms with van der Waals surface area (Å²) in [4.78, 5) is 31.6. The van der Waals surface area contributed by atoms with Crippen LogP contribution in [0.15, 0.2) is 35.1 Å². The first-order chi connectivity index (χ1) is 17.9. The number of aliphatic hydroxyl groups excluding tert-OH is 1. The van der Waals surface area contributed by atoms with Crippen molar-refractivity contribution in [2.24, 2.45) is 0 Å². The summed E-state index contributed by atoms with van der Waals surface area (Å²) < 4.78 is 1.02. The largest absolute Gasteiger partial charge is 0.387 e. The molecule has 0 bridgehead atoms. The third-order valence-corrected chi connectivity index (χ3v) is 8.97. The average Bonchev–Trinajstić information content (AvgIpc) is 3.21. The van der Waals surface area contributed by atoms with E-state index in [2.05, 4.69) is 78.4 Å². The number of carbonyl (C=O) groups excluding carboxylic acids is 1. The predicted octanol–water partition coefficient (Wildman–Crippen LogP) is 3.24. The molecule has 1 N–H and O–H groups in total. The molecule has 9 heteroatoms. The Morgan fingerprint density at radius 3 is 2.14 bits per heavy atom. The molecular weight excluding hydrogens is 532 g/mol. The summed E-state index contributed by atoms with van der Waals surface area (Å²) in [6, 6.07) is 8.75. The normalized spacial score (nSPS) is 25.3. The van der Waals surface area contributed by atoms with Crippen molar-refractivity contribution >= 4 is 28.0 Å². The summed E-state index contributed by atoms with van der Waals surface area (Å²) >= 11 is 3.54. The minimum absolute atomic E-state index is 0.0204. The van der Waals surface area contributed by atoms with Crippen molar-refractivity contribution < 1.29 is 9.90 Å². The van der Waals surface area contributed by atoms with Gasteiger partial charge in [0.1, 0.15) is 18.4 Å². The van der Waals surface area contributed by atoms with Crippen LogP contribution >= 0.6 is 15.9 Å². The average molecular weight is 572 g/mol. The highest BCUT2D eigenvalue weighted by Crippen LogP contribution is 2.43. The van der Waals surface area contributed by atoms with E-state index in [0.29, 0.717) is 12.5 Å². The van der Waals surface area contributed by atoms with E-state index < -0.39 is 6.10 Å². The van der Waals surface area contributed by atoms with E-state index in [9.17, 15) is 9.90 Å². The summed E-state index contributed by atoms with van der Waals surface area (Å²) in [5, 5.41) is 10.4. The Bertz CT molecular complexity index is 1070. The maximum absolute atomic E-state index is 12.6. The molecule has 3 heterocycles. The van der Waals surface area contributed by atoms with Gasteiger partial charge in [0.05, 0.1) is 23.9 Å². The molecule has 2 aliphatic heterocycles. The van der Waals surface area contributed by atoms with Crippen LogP contribution in [-0.4, -0.2) is 101 Å². The maximum atomic E-state index is 12.6. The van der Waals surface area contributed by atoms with E-state index in [1.807, 2.05) is 12.1 Å². The summed E-state index contributed by atoms with van der Waals surface area (Å²) in [7, 11) is 0. The minimum atomic E-state index is -0.499. The number of carbonyl (C=O) groups is 1. The highest BCUT2D eigenvalue weighted by atomic mass is 79.9. The second-order valence-corrected chi connectivity index (χ2v) is 11.9. The van der Waals surface area contributed by atoms with Gasteiger partial charge in [-0.05, 0) is 43.9 Å². The summed E-state index contributed by atoms with van der Waals surface area (Å²) in [6.45, 7) is 14.0. The van der Waals surface area contributed by atoms with Crippen molar-refractivity contribution in [1.29, 1.82) is 0 Å². The van der Waals surface area contributed by atoms with E-state index in [0.717, 1.165) is 85.8 Å². The lowest BCUT2D eigenvalue weighted by Gasteiger charge is -2.49. The number of aliphatic hydroxyl groups is 1. The lowest BCUT2D eigenvalue weighted by molar-refractivity contribution is -0.114. The smallest absolute Gasteiger partial charge is 0.135 e. The van der Waals surface area contributed by atoms with Gasteiger partial charge in [-0.1, -0.05) is 35.0 Å². The Morgan fingerprint density at radius 1 is 0.946 bits per heavy atom. The Hall–Kier alpha value is -1.91. The molecule has 5 rings (SSSR count). The van der Waals surface area contributed by atoms with Crippen molar-refractivity contribution in [1.82, 2.24) is 24.7 Å². The second-order valence-electron chi connectivity index (χ2n) is 11.0. The molecule has 37 heavy (non-hydrogen) atoms. The molecule has 0 saturated carbocycles. The lowest BCUT2D eigenvalue weighted by Crippen LogP contribution is -2.62. The molecule has 1 aromatic carbocycles. The number of halogens is 1. The highest BCUT2D eigenvalue weighted by Gasteiger charge is 2.38. The maximum Gasteiger partial charge on any atom is 0.135 e. The van der Waals surface area contributed by atoms with Crippen molar-refractivity contribution in [2.45, 2.75) is 57.3 Å². The Kier molecular flexibility index (Phi) is 8.26. The summed E-state index contributed by atoms with van der Waals surface area (Å²) in [5.74, 6) is 1.00. The lowest BCUT2D eigenvalue weighted by atomic mass is 9.94. The molecule has 8 nitrogen and oxygen atoms in total. The first kappa shape index (κ1) is 26.7. The number of hydrogen-bond donors (Lipinski definition) is 1. The molecule has 2 fully saturated rings. The fraction of sp³-hybridized carbons (Fsp3) is 0.607. The van der Waals surface area contributed by atoms with E-state index in [-0.39, 0.29) is 18.0 Å². The number of benzene rings is 1. The number of anilines is 1. The molecular formula is C28H39BrN6O2. The molecule has 2 aromatic rings. The van der Waals surface area contributed by atoms with Gasteiger partial charge in [-0.2, -0.15) is 0 Å². The predicted molar refractivity (Wildman–Crippen MR) is 149 cm³/mol. The second kappa shape index (κ2) is 11.5. The standard InChI is InChI=1S/C28H39BrN6O2/c1-19(2)32-8-12-34(13-9-32)28(23(17-36)21-4-6-22(29)7-5-21)35-14-10-33(11-15-35)27-25-20(3)16-24(37)26(25)30-18-31-27/h4-7,17-20,23-24,28,37H,8-16H2,1-3H3/t20-,23?,24-,28?/m1/s1. The van der Waals surface area contributed by atoms with Gasteiger partial charge in [0, 0.05) is 68.4 Å². The molecule has 4 atom stereocenters. The van der Waals surface area contributed by atoms with Crippen LogP contribution in [0, 0.1) is 0 Å². The molecule has 200 valence electrons. The van der Waals surface area contributed by atoms with Crippen molar-refractivity contribution in [3.63, 3.8) is 0 Å². The van der Waals surface area contributed by atoms with E-state index >= 15 is 0 Å². The first-order valence-corrected chi connectivity index (χ1v) is 14.4. The Balaban J connectivity index is 1.37. The fourth-order valence-electron chi connectivity index (χ4n) is 6.36.